The molecular weight excluding hydrogens is 245 g/mol. The molecule has 1 unspecified atom stereocenters. The molecule has 0 amide bonds. The summed E-state index contributed by atoms with van der Waals surface area (Å²) in [5.74, 6) is -1.49. The van der Waals surface area contributed by atoms with Gasteiger partial charge >= 0.3 is 6.18 Å². The topological polar surface area (TPSA) is 42.2 Å². The minimum absolute atomic E-state index is 0.0223. The minimum atomic E-state index is -4.26. The van der Waals surface area contributed by atoms with E-state index in [0.29, 0.717) is 23.6 Å². The second-order valence-corrected chi connectivity index (χ2v) is 4.42. The highest BCUT2D eigenvalue weighted by Gasteiger charge is 2.44. The van der Waals surface area contributed by atoms with E-state index in [0.717, 1.165) is 0 Å². The van der Waals surface area contributed by atoms with Gasteiger partial charge in [0.25, 0.3) is 0 Å². The van der Waals surface area contributed by atoms with E-state index in [2.05, 4.69) is 15.4 Å². The number of fused-ring (bicyclic) bond motifs is 3. The van der Waals surface area contributed by atoms with E-state index in [-0.39, 0.29) is 12.1 Å². The third-order valence-electron chi connectivity index (χ3n) is 3.12. The number of nitrogens with one attached hydrogen (secondary N) is 1. The van der Waals surface area contributed by atoms with E-state index >= 15 is 0 Å². The molecule has 7 heteroatoms. The molecule has 0 aliphatic carbocycles. The van der Waals surface area contributed by atoms with Gasteiger partial charge in [0.1, 0.15) is 5.92 Å². The first-order valence-corrected chi connectivity index (χ1v) is 5.62. The normalized spacial score (nSPS) is 19.7. The molecule has 0 fully saturated rings. The Bertz CT molecular complexity index is 602. The second-order valence-electron chi connectivity index (χ2n) is 4.42. The molecule has 0 saturated heterocycles. The van der Waals surface area contributed by atoms with Crippen LogP contribution in [0, 0.1) is 6.92 Å². The number of alkyl halides is 3. The fraction of sp³-hybridized carbons (Fsp3) is 0.455. The summed E-state index contributed by atoms with van der Waals surface area (Å²) in [6, 6.07) is 1.67. The van der Waals surface area contributed by atoms with E-state index in [1.807, 2.05) is 0 Å². The molecule has 2 aromatic heterocycles. The highest BCUT2D eigenvalue weighted by molar-refractivity contribution is 5.56. The lowest BCUT2D eigenvalue weighted by molar-refractivity contribution is -0.152. The molecule has 1 N–H and O–H groups in total. The van der Waals surface area contributed by atoms with Crippen LogP contribution < -0.4 is 5.32 Å². The van der Waals surface area contributed by atoms with Crippen LogP contribution >= 0.6 is 0 Å². The Balaban J connectivity index is 2.28. The van der Waals surface area contributed by atoms with Crippen LogP contribution in [0.2, 0.25) is 0 Å². The molecule has 1 atom stereocenters. The van der Waals surface area contributed by atoms with Crippen molar-refractivity contribution in [1.29, 1.82) is 0 Å². The van der Waals surface area contributed by atoms with Crippen LogP contribution in [0.25, 0.3) is 5.65 Å². The quantitative estimate of drug-likeness (QED) is 0.787. The van der Waals surface area contributed by atoms with Gasteiger partial charge in [-0.15, -0.1) is 0 Å². The Morgan fingerprint density at radius 1 is 1.44 bits per heavy atom. The smallest absolute Gasteiger partial charge is 0.382 e. The standard InChI is InChI=1S/C11H11F3N4/c1-6-4-9-16-5-8-10(18(9)17-6)7(2-3-15-8)11(12,13)14/h4-5,7,15H,2-3H2,1H3. The van der Waals surface area contributed by atoms with Gasteiger partial charge in [-0.1, -0.05) is 0 Å². The fourth-order valence-corrected chi connectivity index (χ4v) is 2.34. The average molecular weight is 256 g/mol. The fourth-order valence-electron chi connectivity index (χ4n) is 2.34. The number of aromatic nitrogens is 3. The van der Waals surface area contributed by atoms with Gasteiger partial charge in [-0.05, 0) is 13.3 Å². The molecule has 3 rings (SSSR count). The predicted molar refractivity (Wildman–Crippen MR) is 59.6 cm³/mol. The van der Waals surface area contributed by atoms with E-state index in [1.165, 1.54) is 10.7 Å². The molecule has 0 saturated carbocycles. The van der Waals surface area contributed by atoms with Crippen molar-refractivity contribution in [1.82, 2.24) is 14.6 Å². The number of nitrogens with zero attached hydrogens (tertiary/aromatic N) is 3. The summed E-state index contributed by atoms with van der Waals surface area (Å²) >= 11 is 0. The van der Waals surface area contributed by atoms with E-state index in [9.17, 15) is 13.2 Å². The van der Waals surface area contributed by atoms with Gasteiger partial charge in [-0.2, -0.15) is 18.3 Å². The maximum absolute atomic E-state index is 13.1. The van der Waals surface area contributed by atoms with Crippen molar-refractivity contribution in [3.8, 4) is 0 Å². The zero-order valence-electron chi connectivity index (χ0n) is 9.62. The second kappa shape index (κ2) is 3.60. The van der Waals surface area contributed by atoms with Gasteiger partial charge in [-0.3, -0.25) is 0 Å². The third kappa shape index (κ3) is 1.61. The SMILES string of the molecule is Cc1cc2ncc3c(n2n1)C(C(F)(F)F)CCN3. The predicted octanol–water partition coefficient (Wildman–Crippen LogP) is 2.50. The summed E-state index contributed by atoms with van der Waals surface area (Å²) in [4.78, 5) is 4.10. The molecule has 0 bridgehead atoms. The average Bonchev–Trinajstić information content (AvgIpc) is 2.67. The Kier molecular flexibility index (Phi) is 2.26. The van der Waals surface area contributed by atoms with Crippen molar-refractivity contribution in [3.63, 3.8) is 0 Å². The lowest BCUT2D eigenvalue weighted by Crippen LogP contribution is -2.30. The van der Waals surface area contributed by atoms with Crippen LogP contribution in [0.4, 0.5) is 18.9 Å². The van der Waals surface area contributed by atoms with E-state index in [4.69, 9.17) is 0 Å². The van der Waals surface area contributed by atoms with Crippen LogP contribution in [0.1, 0.15) is 23.7 Å². The molecule has 1 aliphatic heterocycles. The van der Waals surface area contributed by atoms with Gasteiger partial charge in [0, 0.05) is 12.6 Å². The maximum Gasteiger partial charge on any atom is 0.397 e. The maximum atomic E-state index is 13.1. The van der Waals surface area contributed by atoms with Gasteiger partial charge in [0.15, 0.2) is 5.65 Å². The Morgan fingerprint density at radius 2 is 2.22 bits per heavy atom. The number of hydrogen-bond donors (Lipinski definition) is 1. The molecule has 0 spiro atoms. The largest absolute Gasteiger partial charge is 0.397 e. The zero-order valence-corrected chi connectivity index (χ0v) is 9.62. The number of hydrogen-bond acceptors (Lipinski definition) is 3. The van der Waals surface area contributed by atoms with Gasteiger partial charge < -0.3 is 5.32 Å². The first-order valence-electron chi connectivity index (χ1n) is 5.62. The number of rotatable bonds is 0. The first kappa shape index (κ1) is 11.3. The van der Waals surface area contributed by atoms with Gasteiger partial charge in [-0.25, -0.2) is 9.50 Å². The summed E-state index contributed by atoms with van der Waals surface area (Å²) in [6.45, 7) is 2.03. The molecule has 3 heterocycles. The molecule has 4 nitrogen and oxygen atoms in total. The number of halogens is 3. The minimum Gasteiger partial charge on any atom is -0.382 e. The number of aryl methyl sites for hydroxylation is 1. The summed E-state index contributed by atoms with van der Waals surface area (Å²) in [7, 11) is 0. The summed E-state index contributed by atoms with van der Waals surface area (Å²) in [6.07, 6.45) is -2.79. The molecule has 0 radical (unpaired) electrons. The van der Waals surface area contributed by atoms with Gasteiger partial charge in [0.2, 0.25) is 0 Å². The van der Waals surface area contributed by atoms with Crippen molar-refractivity contribution in [2.45, 2.75) is 25.4 Å². The Morgan fingerprint density at radius 3 is 2.94 bits per heavy atom. The highest BCUT2D eigenvalue weighted by atomic mass is 19.4. The summed E-state index contributed by atoms with van der Waals surface area (Å²) < 4.78 is 40.5. The van der Waals surface area contributed by atoms with Crippen molar-refractivity contribution in [2.24, 2.45) is 0 Å². The van der Waals surface area contributed by atoms with Crippen LogP contribution in [0.15, 0.2) is 12.3 Å². The summed E-state index contributed by atoms with van der Waals surface area (Å²) in [5.41, 5.74) is 1.68. The van der Waals surface area contributed by atoms with E-state index in [1.54, 1.807) is 13.0 Å². The molecule has 2 aromatic rings. The van der Waals surface area contributed by atoms with Crippen molar-refractivity contribution in [3.05, 3.63) is 23.7 Å². The Labute approximate surface area is 101 Å². The molecule has 0 aromatic carbocycles. The van der Waals surface area contributed by atoms with Crippen LogP contribution in [-0.2, 0) is 0 Å². The Hall–Kier alpha value is -1.79. The third-order valence-corrected chi connectivity index (χ3v) is 3.12. The first-order chi connectivity index (χ1) is 8.47. The molecule has 18 heavy (non-hydrogen) atoms. The van der Waals surface area contributed by atoms with Crippen LogP contribution in [-0.4, -0.2) is 27.3 Å². The lowest BCUT2D eigenvalue weighted by Gasteiger charge is -2.28. The monoisotopic (exact) mass is 256 g/mol. The molecular formula is C11H11F3N4. The van der Waals surface area contributed by atoms with E-state index < -0.39 is 12.1 Å². The van der Waals surface area contributed by atoms with Crippen LogP contribution in [0.5, 0.6) is 0 Å². The number of anilines is 1. The van der Waals surface area contributed by atoms with Crippen molar-refractivity contribution in [2.75, 3.05) is 11.9 Å². The molecule has 1 aliphatic rings. The zero-order chi connectivity index (χ0) is 12.9. The van der Waals surface area contributed by atoms with Crippen LogP contribution in [0.3, 0.4) is 0 Å². The van der Waals surface area contributed by atoms with Crippen molar-refractivity contribution >= 4 is 11.3 Å². The van der Waals surface area contributed by atoms with Gasteiger partial charge in [0.05, 0.1) is 23.3 Å². The summed E-state index contributed by atoms with van der Waals surface area (Å²) in [5, 5.41) is 7.05. The highest BCUT2D eigenvalue weighted by Crippen LogP contribution is 2.42. The molecule has 96 valence electrons. The lowest BCUT2D eigenvalue weighted by atomic mass is 9.96. The van der Waals surface area contributed by atoms with Crippen molar-refractivity contribution < 1.29 is 13.2 Å².